The quantitative estimate of drug-likeness (QED) is 0.911. The van der Waals surface area contributed by atoms with Gasteiger partial charge in [-0.3, -0.25) is 0 Å². The maximum atomic E-state index is 13.3. The summed E-state index contributed by atoms with van der Waals surface area (Å²) in [5.74, 6) is -0.290. The van der Waals surface area contributed by atoms with E-state index in [1.165, 1.54) is 12.1 Å². The number of nitriles is 1. The van der Waals surface area contributed by atoms with Gasteiger partial charge in [-0.15, -0.1) is 0 Å². The van der Waals surface area contributed by atoms with Crippen LogP contribution in [-0.2, 0) is 6.54 Å². The Hall–Kier alpha value is -2.38. The van der Waals surface area contributed by atoms with Gasteiger partial charge >= 0.3 is 0 Å². The minimum Gasteiger partial charge on any atom is -0.343 e. The SMILES string of the molecule is CCNCc1ccc(N(C)c2cccc(F)c2)c(C#N)c1. The number of anilines is 2. The van der Waals surface area contributed by atoms with E-state index in [0.29, 0.717) is 11.3 Å². The second-order valence-corrected chi connectivity index (χ2v) is 4.78. The van der Waals surface area contributed by atoms with Crippen molar-refractivity contribution in [2.45, 2.75) is 13.5 Å². The first-order chi connectivity index (χ1) is 10.2. The molecule has 0 aliphatic heterocycles. The molecule has 0 spiro atoms. The summed E-state index contributed by atoms with van der Waals surface area (Å²) in [6, 6.07) is 14.3. The highest BCUT2D eigenvalue weighted by atomic mass is 19.1. The molecule has 4 heteroatoms. The topological polar surface area (TPSA) is 39.1 Å². The average Bonchev–Trinajstić information content (AvgIpc) is 2.52. The lowest BCUT2D eigenvalue weighted by Gasteiger charge is -2.21. The van der Waals surface area contributed by atoms with E-state index in [9.17, 15) is 9.65 Å². The van der Waals surface area contributed by atoms with Crippen LogP contribution in [0.1, 0.15) is 18.1 Å². The second-order valence-electron chi connectivity index (χ2n) is 4.78. The van der Waals surface area contributed by atoms with Crippen molar-refractivity contribution in [3.05, 3.63) is 59.4 Å². The van der Waals surface area contributed by atoms with E-state index in [4.69, 9.17) is 0 Å². The summed E-state index contributed by atoms with van der Waals surface area (Å²) < 4.78 is 13.3. The van der Waals surface area contributed by atoms with Gasteiger partial charge in [0.1, 0.15) is 11.9 Å². The molecule has 1 N–H and O–H groups in total. The first kappa shape index (κ1) is 15.0. The summed E-state index contributed by atoms with van der Waals surface area (Å²) in [4.78, 5) is 1.82. The number of nitrogens with one attached hydrogen (secondary N) is 1. The molecule has 0 fully saturated rings. The summed E-state index contributed by atoms with van der Waals surface area (Å²) in [7, 11) is 1.83. The van der Waals surface area contributed by atoms with E-state index in [1.54, 1.807) is 6.07 Å². The number of hydrogen-bond donors (Lipinski definition) is 1. The Labute approximate surface area is 124 Å². The maximum absolute atomic E-state index is 13.3. The minimum atomic E-state index is -0.290. The number of nitrogens with zero attached hydrogens (tertiary/aromatic N) is 2. The third-order valence-electron chi connectivity index (χ3n) is 3.32. The smallest absolute Gasteiger partial charge is 0.125 e. The predicted molar refractivity (Wildman–Crippen MR) is 83.0 cm³/mol. The van der Waals surface area contributed by atoms with Crippen molar-refractivity contribution in [1.29, 1.82) is 5.26 Å². The summed E-state index contributed by atoms with van der Waals surface area (Å²) in [6.45, 7) is 3.65. The second kappa shape index (κ2) is 6.87. The normalized spacial score (nSPS) is 10.2. The number of rotatable bonds is 5. The van der Waals surface area contributed by atoms with Gasteiger partial charge in [0.25, 0.3) is 0 Å². The van der Waals surface area contributed by atoms with Crippen molar-refractivity contribution >= 4 is 11.4 Å². The molecular formula is C17H18FN3. The molecule has 2 aromatic carbocycles. The van der Waals surface area contributed by atoms with Crippen molar-refractivity contribution in [3.8, 4) is 6.07 Å². The highest BCUT2D eigenvalue weighted by Gasteiger charge is 2.10. The molecule has 0 bridgehead atoms. The molecule has 0 aliphatic carbocycles. The van der Waals surface area contributed by atoms with Crippen LogP contribution in [-0.4, -0.2) is 13.6 Å². The Morgan fingerprint density at radius 1 is 1.24 bits per heavy atom. The van der Waals surface area contributed by atoms with E-state index < -0.39 is 0 Å². The molecule has 2 rings (SSSR count). The van der Waals surface area contributed by atoms with Gasteiger partial charge in [-0.1, -0.05) is 19.1 Å². The zero-order valence-corrected chi connectivity index (χ0v) is 12.2. The summed E-state index contributed by atoms with van der Waals surface area (Å²) in [5, 5.41) is 12.6. The van der Waals surface area contributed by atoms with Crippen molar-refractivity contribution in [2.75, 3.05) is 18.5 Å². The Kier molecular flexibility index (Phi) is 4.91. The molecule has 3 nitrogen and oxygen atoms in total. The number of halogens is 1. The lowest BCUT2D eigenvalue weighted by Crippen LogP contribution is -2.14. The Morgan fingerprint density at radius 2 is 2.05 bits per heavy atom. The van der Waals surface area contributed by atoms with Gasteiger partial charge in [0.15, 0.2) is 0 Å². The van der Waals surface area contributed by atoms with Crippen molar-refractivity contribution < 1.29 is 4.39 Å². The molecule has 0 saturated carbocycles. The lowest BCUT2D eigenvalue weighted by atomic mass is 10.1. The lowest BCUT2D eigenvalue weighted by molar-refractivity contribution is 0.628. The van der Waals surface area contributed by atoms with Gasteiger partial charge in [-0.25, -0.2) is 4.39 Å². The van der Waals surface area contributed by atoms with Crippen LogP contribution in [0.4, 0.5) is 15.8 Å². The van der Waals surface area contributed by atoms with E-state index in [-0.39, 0.29) is 5.82 Å². The van der Waals surface area contributed by atoms with Crippen LogP contribution in [0.3, 0.4) is 0 Å². The fraction of sp³-hybridized carbons (Fsp3) is 0.235. The van der Waals surface area contributed by atoms with Gasteiger partial charge in [0.05, 0.1) is 11.3 Å². The van der Waals surface area contributed by atoms with E-state index in [0.717, 1.165) is 24.3 Å². The molecule has 0 atom stereocenters. The molecule has 0 heterocycles. The largest absolute Gasteiger partial charge is 0.343 e. The van der Waals surface area contributed by atoms with Crippen LogP contribution in [0, 0.1) is 17.1 Å². The maximum Gasteiger partial charge on any atom is 0.125 e. The van der Waals surface area contributed by atoms with Gasteiger partial charge in [-0.2, -0.15) is 5.26 Å². The summed E-state index contributed by atoms with van der Waals surface area (Å²) in [6.07, 6.45) is 0. The molecule has 0 saturated heterocycles. The average molecular weight is 283 g/mol. The monoisotopic (exact) mass is 283 g/mol. The molecule has 0 radical (unpaired) electrons. The third-order valence-corrected chi connectivity index (χ3v) is 3.32. The molecule has 2 aromatic rings. The van der Waals surface area contributed by atoms with Gasteiger partial charge in [0, 0.05) is 19.3 Å². The van der Waals surface area contributed by atoms with Crippen LogP contribution in [0.15, 0.2) is 42.5 Å². The predicted octanol–water partition coefficient (Wildman–Crippen LogP) is 3.57. The number of hydrogen-bond acceptors (Lipinski definition) is 3. The molecule has 0 amide bonds. The van der Waals surface area contributed by atoms with E-state index in [1.807, 2.05) is 43.1 Å². The van der Waals surface area contributed by atoms with Crippen LogP contribution in [0.2, 0.25) is 0 Å². The molecule has 108 valence electrons. The zero-order chi connectivity index (χ0) is 15.2. The summed E-state index contributed by atoms with van der Waals surface area (Å²) >= 11 is 0. The molecule has 21 heavy (non-hydrogen) atoms. The highest BCUT2D eigenvalue weighted by Crippen LogP contribution is 2.27. The third kappa shape index (κ3) is 3.59. The van der Waals surface area contributed by atoms with Crippen LogP contribution < -0.4 is 10.2 Å². The van der Waals surface area contributed by atoms with E-state index >= 15 is 0 Å². The Bertz CT molecular complexity index is 661. The molecular weight excluding hydrogens is 265 g/mol. The number of benzene rings is 2. The standard InChI is InChI=1S/C17H18FN3/c1-3-20-12-13-7-8-17(14(9-13)11-19)21(2)16-6-4-5-15(18)10-16/h4-10,20H,3,12H2,1-2H3. The fourth-order valence-corrected chi connectivity index (χ4v) is 2.17. The van der Waals surface area contributed by atoms with Crippen molar-refractivity contribution in [1.82, 2.24) is 5.32 Å². The first-order valence-corrected chi connectivity index (χ1v) is 6.88. The molecule has 0 aliphatic rings. The van der Waals surface area contributed by atoms with Crippen molar-refractivity contribution in [2.24, 2.45) is 0 Å². The van der Waals surface area contributed by atoms with Crippen molar-refractivity contribution in [3.63, 3.8) is 0 Å². The first-order valence-electron chi connectivity index (χ1n) is 6.88. The molecule has 0 unspecified atom stereocenters. The van der Waals surface area contributed by atoms with Crippen LogP contribution in [0.25, 0.3) is 0 Å². The van der Waals surface area contributed by atoms with Crippen LogP contribution in [0.5, 0.6) is 0 Å². The fourth-order valence-electron chi connectivity index (χ4n) is 2.17. The Morgan fingerprint density at radius 3 is 2.71 bits per heavy atom. The van der Waals surface area contributed by atoms with E-state index in [2.05, 4.69) is 11.4 Å². The van der Waals surface area contributed by atoms with Crippen LogP contribution >= 0.6 is 0 Å². The Balaban J connectivity index is 2.33. The summed E-state index contributed by atoms with van der Waals surface area (Å²) in [5.41, 5.74) is 3.12. The van der Waals surface area contributed by atoms with Gasteiger partial charge in [-0.05, 0) is 42.4 Å². The zero-order valence-electron chi connectivity index (χ0n) is 12.2. The van der Waals surface area contributed by atoms with Gasteiger partial charge < -0.3 is 10.2 Å². The van der Waals surface area contributed by atoms with Gasteiger partial charge in [0.2, 0.25) is 0 Å². The highest BCUT2D eigenvalue weighted by molar-refractivity contribution is 5.69. The minimum absolute atomic E-state index is 0.290. The molecule has 0 aromatic heterocycles.